The van der Waals surface area contributed by atoms with Crippen molar-refractivity contribution in [2.45, 2.75) is 44.8 Å². The summed E-state index contributed by atoms with van der Waals surface area (Å²) in [4.78, 5) is 44.6. The lowest BCUT2D eigenvalue weighted by Crippen LogP contribution is -2.40. The van der Waals surface area contributed by atoms with Crippen LogP contribution in [0.5, 0.6) is 0 Å². The molecular weight excluding hydrogens is 418 g/mol. The molecule has 1 fully saturated rings. The number of aromatic nitrogens is 2. The molecule has 0 spiro atoms. The molecular formula is C22H19N3O5S. The van der Waals surface area contributed by atoms with Gasteiger partial charge in [0.1, 0.15) is 0 Å². The summed E-state index contributed by atoms with van der Waals surface area (Å²) in [6.45, 7) is -0.185. The van der Waals surface area contributed by atoms with Crippen LogP contribution < -0.4 is 0 Å². The smallest absolute Gasteiger partial charge is 0.338 e. The molecule has 158 valence electrons. The molecule has 1 aliphatic carbocycles. The van der Waals surface area contributed by atoms with E-state index >= 15 is 0 Å². The third kappa shape index (κ3) is 3.65. The molecule has 2 amide bonds. The Morgan fingerprint density at radius 1 is 1.13 bits per heavy atom. The highest BCUT2D eigenvalue weighted by atomic mass is 32.1. The predicted molar refractivity (Wildman–Crippen MR) is 111 cm³/mol. The van der Waals surface area contributed by atoms with Crippen LogP contribution in [0, 0.1) is 0 Å². The third-order valence-electron chi connectivity index (χ3n) is 5.63. The van der Waals surface area contributed by atoms with Crippen molar-refractivity contribution < 1.29 is 23.6 Å². The van der Waals surface area contributed by atoms with Crippen LogP contribution >= 0.6 is 11.3 Å². The van der Waals surface area contributed by atoms with Crippen LogP contribution in [0.2, 0.25) is 0 Å². The van der Waals surface area contributed by atoms with E-state index in [-0.39, 0.29) is 41.5 Å². The number of rotatable bonds is 5. The number of thiophene rings is 1. The van der Waals surface area contributed by atoms with Crippen molar-refractivity contribution in [3.63, 3.8) is 0 Å². The largest absolute Gasteiger partial charge is 0.452 e. The normalized spacial score (nSPS) is 16.6. The van der Waals surface area contributed by atoms with Crippen molar-refractivity contribution in [1.82, 2.24) is 15.0 Å². The fraction of sp³-hybridized carbons (Fsp3) is 0.318. The third-order valence-corrected chi connectivity index (χ3v) is 6.50. The van der Waals surface area contributed by atoms with Crippen LogP contribution in [0.4, 0.5) is 0 Å². The minimum Gasteiger partial charge on any atom is -0.452 e. The van der Waals surface area contributed by atoms with Gasteiger partial charge in [-0.3, -0.25) is 14.5 Å². The number of hydrogen-bond donors (Lipinski definition) is 0. The first-order valence-corrected chi connectivity index (χ1v) is 11.1. The molecule has 1 aliphatic heterocycles. The van der Waals surface area contributed by atoms with E-state index in [4.69, 9.17) is 9.26 Å². The fourth-order valence-electron chi connectivity index (χ4n) is 4.09. The molecule has 0 N–H and O–H groups in total. The van der Waals surface area contributed by atoms with E-state index < -0.39 is 5.97 Å². The topological polar surface area (TPSA) is 103 Å². The van der Waals surface area contributed by atoms with Crippen molar-refractivity contribution in [3.05, 3.63) is 58.3 Å². The zero-order chi connectivity index (χ0) is 21.4. The summed E-state index contributed by atoms with van der Waals surface area (Å²) < 4.78 is 10.4. The highest BCUT2D eigenvalue weighted by Gasteiger charge is 2.40. The van der Waals surface area contributed by atoms with Crippen molar-refractivity contribution in [1.29, 1.82) is 0 Å². The molecule has 3 heterocycles. The second-order valence-electron chi connectivity index (χ2n) is 7.60. The number of fused-ring (bicyclic) bond motifs is 1. The van der Waals surface area contributed by atoms with Gasteiger partial charge in [0.05, 0.1) is 21.6 Å². The molecule has 5 rings (SSSR count). The van der Waals surface area contributed by atoms with Gasteiger partial charge in [0.25, 0.3) is 17.7 Å². The Balaban J connectivity index is 1.28. The molecule has 0 bridgehead atoms. The zero-order valence-corrected chi connectivity index (χ0v) is 17.4. The van der Waals surface area contributed by atoms with E-state index in [1.54, 1.807) is 0 Å². The SMILES string of the molecule is O=C(OCc1nc(-c2cccs2)no1)c1ccc2c(c1)C(=O)N(C1CCCCC1)C2=O. The van der Waals surface area contributed by atoms with Gasteiger partial charge in [-0.05, 0) is 42.5 Å². The number of benzene rings is 1. The van der Waals surface area contributed by atoms with E-state index in [1.807, 2.05) is 17.5 Å². The molecule has 0 saturated heterocycles. The summed E-state index contributed by atoms with van der Waals surface area (Å²) in [6, 6.07) is 8.14. The van der Waals surface area contributed by atoms with Gasteiger partial charge in [0.2, 0.25) is 5.82 Å². The first-order valence-electron chi connectivity index (χ1n) is 10.2. The Labute approximate surface area is 181 Å². The highest BCUT2D eigenvalue weighted by Crippen LogP contribution is 2.31. The molecule has 0 unspecified atom stereocenters. The maximum Gasteiger partial charge on any atom is 0.338 e. The number of esters is 1. The minimum atomic E-state index is -0.630. The summed E-state index contributed by atoms with van der Waals surface area (Å²) >= 11 is 1.48. The van der Waals surface area contributed by atoms with Crippen LogP contribution in [-0.4, -0.2) is 38.9 Å². The summed E-state index contributed by atoms with van der Waals surface area (Å²) in [7, 11) is 0. The number of amides is 2. The predicted octanol–water partition coefficient (Wildman–Crippen LogP) is 4.08. The van der Waals surface area contributed by atoms with Crippen molar-refractivity contribution in [3.8, 4) is 10.7 Å². The Bertz CT molecular complexity index is 1150. The Kier molecular flexibility index (Phi) is 5.11. The summed E-state index contributed by atoms with van der Waals surface area (Å²) in [5, 5.41) is 5.78. The maximum atomic E-state index is 12.9. The van der Waals surface area contributed by atoms with Crippen molar-refractivity contribution >= 4 is 29.1 Å². The van der Waals surface area contributed by atoms with Gasteiger partial charge >= 0.3 is 5.97 Å². The molecule has 2 aromatic heterocycles. The van der Waals surface area contributed by atoms with Crippen LogP contribution in [-0.2, 0) is 11.3 Å². The Hall–Kier alpha value is -3.33. The van der Waals surface area contributed by atoms with E-state index in [2.05, 4.69) is 10.1 Å². The monoisotopic (exact) mass is 437 g/mol. The lowest BCUT2D eigenvalue weighted by molar-refractivity contribution is 0.0429. The van der Waals surface area contributed by atoms with E-state index in [0.717, 1.165) is 37.0 Å². The number of hydrogen-bond acceptors (Lipinski definition) is 8. The molecule has 8 nitrogen and oxygen atoms in total. The average Bonchev–Trinajstić information content (AvgIpc) is 3.53. The Morgan fingerprint density at radius 3 is 2.71 bits per heavy atom. The zero-order valence-electron chi connectivity index (χ0n) is 16.6. The van der Waals surface area contributed by atoms with E-state index in [9.17, 15) is 14.4 Å². The molecule has 3 aromatic rings. The molecule has 9 heteroatoms. The minimum absolute atomic E-state index is 0.0633. The summed E-state index contributed by atoms with van der Waals surface area (Å²) in [5.74, 6) is -0.633. The summed E-state index contributed by atoms with van der Waals surface area (Å²) in [5.41, 5.74) is 0.788. The Morgan fingerprint density at radius 2 is 1.94 bits per heavy atom. The lowest BCUT2D eigenvalue weighted by Gasteiger charge is -2.29. The van der Waals surface area contributed by atoms with Gasteiger partial charge in [-0.2, -0.15) is 4.98 Å². The highest BCUT2D eigenvalue weighted by molar-refractivity contribution is 7.13. The second kappa shape index (κ2) is 8.07. The molecule has 1 saturated carbocycles. The van der Waals surface area contributed by atoms with Crippen LogP contribution in [0.1, 0.15) is 69.1 Å². The van der Waals surface area contributed by atoms with E-state index in [0.29, 0.717) is 11.4 Å². The van der Waals surface area contributed by atoms with Gasteiger partial charge in [-0.1, -0.05) is 30.5 Å². The number of nitrogens with zero attached hydrogens (tertiary/aromatic N) is 3. The van der Waals surface area contributed by atoms with Crippen molar-refractivity contribution in [2.75, 3.05) is 0 Å². The van der Waals surface area contributed by atoms with Crippen LogP contribution in [0.15, 0.2) is 40.2 Å². The van der Waals surface area contributed by atoms with Gasteiger partial charge < -0.3 is 9.26 Å². The number of carbonyl (C=O) groups excluding carboxylic acids is 3. The van der Waals surface area contributed by atoms with E-state index in [1.165, 1.54) is 34.4 Å². The van der Waals surface area contributed by atoms with Gasteiger partial charge in [0, 0.05) is 6.04 Å². The van der Waals surface area contributed by atoms with Crippen LogP contribution in [0.3, 0.4) is 0 Å². The number of carbonyl (C=O) groups is 3. The molecule has 1 aromatic carbocycles. The maximum absolute atomic E-state index is 12.9. The molecule has 2 aliphatic rings. The van der Waals surface area contributed by atoms with Gasteiger partial charge in [0.15, 0.2) is 6.61 Å². The van der Waals surface area contributed by atoms with Gasteiger partial charge in [-0.15, -0.1) is 11.3 Å². The average molecular weight is 437 g/mol. The summed E-state index contributed by atoms with van der Waals surface area (Å²) in [6.07, 6.45) is 4.82. The molecule has 0 atom stereocenters. The fourth-order valence-corrected chi connectivity index (χ4v) is 4.74. The number of ether oxygens (including phenoxy) is 1. The van der Waals surface area contributed by atoms with Gasteiger partial charge in [-0.25, -0.2) is 4.79 Å². The quantitative estimate of drug-likeness (QED) is 0.438. The number of imide groups is 1. The molecule has 0 radical (unpaired) electrons. The van der Waals surface area contributed by atoms with Crippen LogP contribution in [0.25, 0.3) is 10.7 Å². The lowest BCUT2D eigenvalue weighted by atomic mass is 9.94. The first kappa shape index (κ1) is 19.6. The second-order valence-corrected chi connectivity index (χ2v) is 8.55. The van der Waals surface area contributed by atoms with Crippen molar-refractivity contribution in [2.24, 2.45) is 0 Å². The molecule has 31 heavy (non-hydrogen) atoms. The standard InChI is InChI=1S/C22H19N3O5S/c26-20-15-9-8-13(11-16(15)21(27)25(20)14-5-2-1-3-6-14)22(28)29-12-18-23-19(24-30-18)17-7-4-10-31-17/h4,7-11,14H,1-3,5-6,12H2. The first-order chi connectivity index (χ1) is 15.1.